The van der Waals surface area contributed by atoms with Gasteiger partial charge in [0.15, 0.2) is 0 Å². The van der Waals surface area contributed by atoms with Gasteiger partial charge in [-0.1, -0.05) is 30.3 Å². The van der Waals surface area contributed by atoms with E-state index in [9.17, 15) is 9.59 Å². The highest BCUT2D eigenvalue weighted by molar-refractivity contribution is 5.91. The molecule has 0 aliphatic heterocycles. The third-order valence-corrected chi connectivity index (χ3v) is 2.69. The minimum atomic E-state index is -0.827. The van der Waals surface area contributed by atoms with Gasteiger partial charge in [0.2, 0.25) is 11.7 Å². The van der Waals surface area contributed by atoms with E-state index in [1.807, 2.05) is 30.3 Å². The molecule has 120 valence electrons. The molecule has 3 N–H and O–H groups in total. The standard InChI is InChI=1S/C15H15N3O5/c19-13(7-6-11-4-2-1-3-5-11)16-8-9-22-14-10-12(23-18-14)15(20)17-21/h1-7,10,21H,8-9H2,(H,16,19)(H,17,20). The van der Waals surface area contributed by atoms with Crippen molar-refractivity contribution in [3.05, 3.63) is 53.8 Å². The summed E-state index contributed by atoms with van der Waals surface area (Å²) in [5.41, 5.74) is 2.34. The molecule has 8 nitrogen and oxygen atoms in total. The molecule has 23 heavy (non-hydrogen) atoms. The van der Waals surface area contributed by atoms with Crippen LogP contribution in [0.4, 0.5) is 0 Å². The first-order chi connectivity index (χ1) is 11.2. The van der Waals surface area contributed by atoms with Crippen LogP contribution in [0.5, 0.6) is 5.88 Å². The van der Waals surface area contributed by atoms with E-state index in [1.165, 1.54) is 17.6 Å². The number of nitrogens with one attached hydrogen (secondary N) is 2. The number of aromatic nitrogens is 1. The highest BCUT2D eigenvalue weighted by atomic mass is 16.5. The number of hydrogen-bond donors (Lipinski definition) is 3. The molecule has 1 aromatic carbocycles. The molecule has 0 aliphatic rings. The highest BCUT2D eigenvalue weighted by Crippen LogP contribution is 2.10. The van der Waals surface area contributed by atoms with Gasteiger partial charge in [0, 0.05) is 6.08 Å². The van der Waals surface area contributed by atoms with Crippen LogP contribution in [-0.4, -0.2) is 35.3 Å². The fourth-order valence-corrected chi connectivity index (χ4v) is 1.61. The zero-order chi connectivity index (χ0) is 16.5. The Morgan fingerprint density at radius 1 is 1.30 bits per heavy atom. The van der Waals surface area contributed by atoms with Crippen molar-refractivity contribution in [1.82, 2.24) is 16.0 Å². The maximum absolute atomic E-state index is 11.6. The molecular formula is C15H15N3O5. The summed E-state index contributed by atoms with van der Waals surface area (Å²) in [4.78, 5) is 22.6. The van der Waals surface area contributed by atoms with Crippen molar-refractivity contribution >= 4 is 17.9 Å². The largest absolute Gasteiger partial charge is 0.474 e. The molecule has 0 saturated carbocycles. The molecule has 0 unspecified atom stereocenters. The molecule has 0 bridgehead atoms. The van der Waals surface area contributed by atoms with Gasteiger partial charge in [-0.05, 0) is 16.8 Å². The molecule has 0 fully saturated rings. The van der Waals surface area contributed by atoms with E-state index in [4.69, 9.17) is 9.94 Å². The third kappa shape index (κ3) is 5.29. The molecule has 0 atom stereocenters. The van der Waals surface area contributed by atoms with Crippen molar-refractivity contribution in [3.8, 4) is 5.88 Å². The summed E-state index contributed by atoms with van der Waals surface area (Å²) in [6.07, 6.45) is 3.13. The first kappa shape index (κ1) is 16.2. The number of ether oxygens (including phenoxy) is 1. The predicted octanol–water partition coefficient (Wildman–Crippen LogP) is 1.00. The first-order valence-electron chi connectivity index (χ1n) is 6.74. The van der Waals surface area contributed by atoms with Crippen LogP contribution in [0.15, 0.2) is 47.0 Å². The molecule has 1 heterocycles. The molecule has 0 saturated heterocycles. The van der Waals surface area contributed by atoms with Gasteiger partial charge in [0.05, 0.1) is 12.6 Å². The lowest BCUT2D eigenvalue weighted by molar-refractivity contribution is -0.116. The lowest BCUT2D eigenvalue weighted by Crippen LogP contribution is -2.26. The van der Waals surface area contributed by atoms with E-state index in [0.717, 1.165) is 5.56 Å². The van der Waals surface area contributed by atoms with Gasteiger partial charge in [0.25, 0.3) is 5.88 Å². The second-order valence-corrected chi connectivity index (χ2v) is 4.35. The lowest BCUT2D eigenvalue weighted by Gasteiger charge is -2.02. The number of rotatable bonds is 7. The van der Waals surface area contributed by atoms with Crippen molar-refractivity contribution in [1.29, 1.82) is 0 Å². The van der Waals surface area contributed by atoms with Gasteiger partial charge in [-0.25, -0.2) is 5.48 Å². The Labute approximate surface area is 131 Å². The zero-order valence-corrected chi connectivity index (χ0v) is 12.1. The summed E-state index contributed by atoms with van der Waals surface area (Å²) in [5, 5.41) is 14.5. The Kier molecular flexibility index (Phi) is 5.89. The van der Waals surface area contributed by atoms with Gasteiger partial charge in [0.1, 0.15) is 6.61 Å². The van der Waals surface area contributed by atoms with Crippen LogP contribution in [0.3, 0.4) is 0 Å². The van der Waals surface area contributed by atoms with Crippen LogP contribution in [0.1, 0.15) is 16.1 Å². The molecule has 2 amide bonds. The minimum Gasteiger partial charge on any atom is -0.474 e. The fraction of sp³-hybridized carbons (Fsp3) is 0.133. The summed E-state index contributed by atoms with van der Waals surface area (Å²) in [7, 11) is 0. The number of hydroxylamine groups is 1. The van der Waals surface area contributed by atoms with E-state index in [2.05, 4.69) is 15.0 Å². The smallest absolute Gasteiger partial charge is 0.313 e. The summed E-state index contributed by atoms with van der Waals surface area (Å²) in [5.74, 6) is -1.18. The van der Waals surface area contributed by atoms with Crippen LogP contribution < -0.4 is 15.5 Å². The van der Waals surface area contributed by atoms with Gasteiger partial charge < -0.3 is 14.6 Å². The Balaban J connectivity index is 1.69. The third-order valence-electron chi connectivity index (χ3n) is 2.69. The number of carbonyl (C=O) groups is 2. The van der Waals surface area contributed by atoms with Crippen LogP contribution >= 0.6 is 0 Å². The van der Waals surface area contributed by atoms with Crippen LogP contribution in [-0.2, 0) is 4.79 Å². The van der Waals surface area contributed by atoms with E-state index >= 15 is 0 Å². The quantitative estimate of drug-likeness (QED) is 0.304. The molecule has 8 heteroatoms. The maximum Gasteiger partial charge on any atom is 0.313 e. The number of carbonyl (C=O) groups excluding carboxylic acids is 2. The Morgan fingerprint density at radius 3 is 2.83 bits per heavy atom. The van der Waals surface area contributed by atoms with Gasteiger partial charge in [-0.2, -0.15) is 0 Å². The molecule has 1 aromatic heterocycles. The number of hydrogen-bond acceptors (Lipinski definition) is 6. The van der Waals surface area contributed by atoms with E-state index in [1.54, 1.807) is 6.08 Å². The molecule has 0 aliphatic carbocycles. The Hall–Kier alpha value is -3.13. The molecule has 0 radical (unpaired) electrons. The monoisotopic (exact) mass is 317 g/mol. The van der Waals surface area contributed by atoms with Crippen LogP contribution in [0.2, 0.25) is 0 Å². The van der Waals surface area contributed by atoms with Gasteiger partial charge >= 0.3 is 5.91 Å². The van der Waals surface area contributed by atoms with Crippen LogP contribution in [0, 0.1) is 0 Å². The summed E-state index contributed by atoms with van der Waals surface area (Å²) >= 11 is 0. The second-order valence-electron chi connectivity index (χ2n) is 4.35. The average molecular weight is 317 g/mol. The fourth-order valence-electron chi connectivity index (χ4n) is 1.61. The number of benzene rings is 1. The van der Waals surface area contributed by atoms with Crippen molar-refractivity contribution < 1.29 is 24.1 Å². The SMILES string of the molecule is O=C(C=Cc1ccccc1)NCCOc1cc(C(=O)NO)on1. The van der Waals surface area contributed by atoms with E-state index in [0.29, 0.717) is 0 Å². The van der Waals surface area contributed by atoms with Crippen molar-refractivity contribution in [2.24, 2.45) is 0 Å². The lowest BCUT2D eigenvalue weighted by atomic mass is 10.2. The second kappa shape index (κ2) is 8.35. The summed E-state index contributed by atoms with van der Waals surface area (Å²) in [6.45, 7) is 0.407. The van der Waals surface area contributed by atoms with Gasteiger partial charge in [-0.15, -0.1) is 0 Å². The van der Waals surface area contributed by atoms with Crippen LogP contribution in [0.25, 0.3) is 6.08 Å². The normalized spacial score (nSPS) is 10.5. The molecule has 0 spiro atoms. The highest BCUT2D eigenvalue weighted by Gasteiger charge is 2.12. The molecule has 2 aromatic rings. The zero-order valence-electron chi connectivity index (χ0n) is 12.1. The van der Waals surface area contributed by atoms with E-state index < -0.39 is 5.91 Å². The van der Waals surface area contributed by atoms with Crippen molar-refractivity contribution in [2.45, 2.75) is 0 Å². The molecule has 2 rings (SSSR count). The molecular weight excluding hydrogens is 302 g/mol. The number of nitrogens with zero attached hydrogens (tertiary/aromatic N) is 1. The van der Waals surface area contributed by atoms with E-state index in [-0.39, 0.29) is 30.7 Å². The minimum absolute atomic E-state index is 0.0812. The first-order valence-corrected chi connectivity index (χ1v) is 6.74. The predicted molar refractivity (Wildman–Crippen MR) is 79.7 cm³/mol. The summed E-state index contributed by atoms with van der Waals surface area (Å²) < 4.78 is 9.83. The van der Waals surface area contributed by atoms with Crippen molar-refractivity contribution in [2.75, 3.05) is 13.2 Å². The number of amides is 2. The summed E-state index contributed by atoms with van der Waals surface area (Å²) in [6, 6.07) is 10.7. The maximum atomic E-state index is 11.6. The Morgan fingerprint density at radius 2 is 2.09 bits per heavy atom. The Bertz CT molecular complexity index is 681. The van der Waals surface area contributed by atoms with Gasteiger partial charge in [-0.3, -0.25) is 14.8 Å². The topological polar surface area (TPSA) is 114 Å². The average Bonchev–Trinajstić information content (AvgIpc) is 3.06. The van der Waals surface area contributed by atoms with Crippen molar-refractivity contribution in [3.63, 3.8) is 0 Å².